The number of hydrogen-bond donors (Lipinski definition) is 3. The average molecular weight is 518 g/mol. The van der Waals surface area contributed by atoms with E-state index in [9.17, 15) is 13.2 Å². The van der Waals surface area contributed by atoms with Crippen LogP contribution in [0.2, 0.25) is 0 Å². The predicted octanol–water partition coefficient (Wildman–Crippen LogP) is 7.05. The highest BCUT2D eigenvalue weighted by Crippen LogP contribution is 2.33. The summed E-state index contributed by atoms with van der Waals surface area (Å²) in [7, 11) is 0. The monoisotopic (exact) mass is 517 g/mol. The van der Waals surface area contributed by atoms with E-state index in [1.165, 1.54) is 49.7 Å². The fourth-order valence-electron chi connectivity index (χ4n) is 5.47. The van der Waals surface area contributed by atoms with E-state index in [0.717, 1.165) is 43.6 Å². The molecule has 2 aromatic heterocycles. The van der Waals surface area contributed by atoms with Crippen LogP contribution in [-0.4, -0.2) is 34.3 Å². The molecule has 1 aromatic carbocycles. The molecule has 0 spiro atoms. The van der Waals surface area contributed by atoms with Crippen molar-refractivity contribution < 1.29 is 13.2 Å². The number of rotatable bonds is 8. The minimum Gasteiger partial charge on any atom is -0.382 e. The first kappa shape index (κ1) is 25.3. The standard InChI is InChI=1S/C27H34F3N5S/c28-27(29,30)15-23-14-24-25(32-17-33-26(24)36-23)35-22-8-4-7-21(13-22)31-16-18-9-11-20(12-10-18)34-19-5-2-1-3-6-19/h9-12,14,17,19,21-22,31,34H,1-8,13,15-16H2,(H,32,33,35). The van der Waals surface area contributed by atoms with E-state index in [4.69, 9.17) is 0 Å². The largest absolute Gasteiger partial charge is 0.393 e. The lowest BCUT2D eigenvalue weighted by atomic mass is 9.90. The van der Waals surface area contributed by atoms with E-state index in [1.807, 2.05) is 0 Å². The molecule has 2 saturated carbocycles. The van der Waals surface area contributed by atoms with Gasteiger partial charge in [0.2, 0.25) is 0 Å². The van der Waals surface area contributed by atoms with Gasteiger partial charge in [-0.25, -0.2) is 9.97 Å². The maximum Gasteiger partial charge on any atom is 0.393 e. The summed E-state index contributed by atoms with van der Waals surface area (Å²) in [5.41, 5.74) is 2.47. The SMILES string of the molecule is FC(F)(F)Cc1cc2c(NC3CCCC(NCc4ccc(NC5CCCCC5)cc4)C3)ncnc2s1. The second kappa shape index (κ2) is 11.3. The van der Waals surface area contributed by atoms with E-state index < -0.39 is 12.6 Å². The number of thiophene rings is 1. The first-order valence-corrected chi connectivity index (χ1v) is 13.9. The molecule has 0 saturated heterocycles. The Labute approximate surface area is 214 Å². The second-order valence-electron chi connectivity index (χ2n) is 10.2. The minimum absolute atomic E-state index is 0.224. The van der Waals surface area contributed by atoms with Gasteiger partial charge in [-0.2, -0.15) is 13.2 Å². The molecule has 5 rings (SSSR count). The van der Waals surface area contributed by atoms with Crippen molar-refractivity contribution in [2.45, 2.75) is 95.1 Å². The number of benzene rings is 1. The van der Waals surface area contributed by atoms with Crippen LogP contribution in [-0.2, 0) is 13.0 Å². The highest BCUT2D eigenvalue weighted by atomic mass is 32.1. The highest BCUT2D eigenvalue weighted by molar-refractivity contribution is 7.18. The van der Waals surface area contributed by atoms with Gasteiger partial charge in [-0.3, -0.25) is 0 Å². The second-order valence-corrected chi connectivity index (χ2v) is 11.3. The molecule has 2 heterocycles. The van der Waals surface area contributed by atoms with E-state index in [0.29, 0.717) is 28.1 Å². The zero-order chi connectivity index (χ0) is 25.0. The third-order valence-corrected chi connectivity index (χ3v) is 8.34. The summed E-state index contributed by atoms with van der Waals surface area (Å²) in [4.78, 5) is 9.41. The molecule has 5 nitrogen and oxygen atoms in total. The third-order valence-electron chi connectivity index (χ3n) is 7.29. The van der Waals surface area contributed by atoms with Crippen LogP contribution in [0.15, 0.2) is 36.7 Å². The predicted molar refractivity (Wildman–Crippen MR) is 141 cm³/mol. The Morgan fingerprint density at radius 1 is 0.861 bits per heavy atom. The smallest absolute Gasteiger partial charge is 0.382 e. The molecule has 3 aromatic rings. The summed E-state index contributed by atoms with van der Waals surface area (Å²) in [6, 6.07) is 11.6. The van der Waals surface area contributed by atoms with Crippen molar-refractivity contribution in [3.05, 3.63) is 47.1 Å². The maximum absolute atomic E-state index is 12.8. The van der Waals surface area contributed by atoms with Crippen LogP contribution in [0.25, 0.3) is 10.2 Å². The zero-order valence-electron chi connectivity index (χ0n) is 20.4. The molecular formula is C27H34F3N5S. The van der Waals surface area contributed by atoms with Gasteiger partial charge in [0.05, 0.1) is 11.8 Å². The molecule has 194 valence electrons. The Bertz CT molecular complexity index is 1120. The lowest BCUT2D eigenvalue weighted by Gasteiger charge is -2.31. The van der Waals surface area contributed by atoms with Crippen molar-refractivity contribution in [2.75, 3.05) is 10.6 Å². The van der Waals surface area contributed by atoms with E-state index in [-0.39, 0.29) is 10.9 Å². The molecule has 2 atom stereocenters. The number of hydrogen-bond acceptors (Lipinski definition) is 6. The lowest BCUT2D eigenvalue weighted by molar-refractivity contribution is -0.126. The number of aromatic nitrogens is 2. The van der Waals surface area contributed by atoms with Gasteiger partial charge < -0.3 is 16.0 Å². The quantitative estimate of drug-likeness (QED) is 0.299. The Morgan fingerprint density at radius 2 is 1.61 bits per heavy atom. The van der Waals surface area contributed by atoms with Crippen LogP contribution in [0.1, 0.15) is 68.2 Å². The Balaban J connectivity index is 1.14. The van der Waals surface area contributed by atoms with Gasteiger partial charge in [0.1, 0.15) is 17.0 Å². The number of nitrogens with zero attached hydrogens (tertiary/aromatic N) is 2. The van der Waals surface area contributed by atoms with E-state index >= 15 is 0 Å². The van der Waals surface area contributed by atoms with Crippen LogP contribution in [0, 0.1) is 0 Å². The maximum atomic E-state index is 12.8. The average Bonchev–Trinajstić information content (AvgIpc) is 3.26. The molecule has 0 amide bonds. The summed E-state index contributed by atoms with van der Waals surface area (Å²) in [5, 5.41) is 11.6. The third kappa shape index (κ3) is 6.88. The Morgan fingerprint density at radius 3 is 2.39 bits per heavy atom. The molecule has 2 fully saturated rings. The van der Waals surface area contributed by atoms with Gasteiger partial charge in [0.15, 0.2) is 0 Å². The van der Waals surface area contributed by atoms with Crippen LogP contribution >= 0.6 is 11.3 Å². The number of fused-ring (bicyclic) bond motifs is 1. The van der Waals surface area contributed by atoms with Crippen molar-refractivity contribution >= 4 is 33.1 Å². The highest BCUT2D eigenvalue weighted by Gasteiger charge is 2.29. The molecular weight excluding hydrogens is 483 g/mol. The van der Waals surface area contributed by atoms with Crippen molar-refractivity contribution in [1.29, 1.82) is 0 Å². The van der Waals surface area contributed by atoms with Gasteiger partial charge in [0.25, 0.3) is 0 Å². The van der Waals surface area contributed by atoms with E-state index in [1.54, 1.807) is 6.07 Å². The number of halogens is 3. The van der Waals surface area contributed by atoms with Crippen LogP contribution in [0.4, 0.5) is 24.7 Å². The van der Waals surface area contributed by atoms with Crippen LogP contribution < -0.4 is 16.0 Å². The van der Waals surface area contributed by atoms with Crippen LogP contribution in [0.5, 0.6) is 0 Å². The number of alkyl halides is 3. The van der Waals surface area contributed by atoms with Crippen molar-refractivity contribution in [3.8, 4) is 0 Å². The normalized spacial score (nSPS) is 21.5. The summed E-state index contributed by atoms with van der Waals surface area (Å²) in [6.45, 7) is 0.824. The van der Waals surface area contributed by atoms with Crippen LogP contribution in [0.3, 0.4) is 0 Å². The van der Waals surface area contributed by atoms with Gasteiger partial charge in [-0.05, 0) is 62.3 Å². The molecule has 2 aliphatic carbocycles. The van der Waals surface area contributed by atoms with Crippen molar-refractivity contribution in [1.82, 2.24) is 15.3 Å². The fraction of sp³-hybridized carbons (Fsp3) is 0.556. The minimum atomic E-state index is -4.23. The van der Waals surface area contributed by atoms with E-state index in [2.05, 4.69) is 50.2 Å². The first-order valence-electron chi connectivity index (χ1n) is 13.1. The van der Waals surface area contributed by atoms with Crippen molar-refractivity contribution in [2.24, 2.45) is 0 Å². The Hall–Kier alpha value is -2.39. The molecule has 0 radical (unpaired) electrons. The van der Waals surface area contributed by atoms with Gasteiger partial charge in [0, 0.05) is 35.2 Å². The summed E-state index contributed by atoms with van der Waals surface area (Å²) >= 11 is 1.09. The molecule has 2 aliphatic rings. The molecule has 0 bridgehead atoms. The Kier molecular flexibility index (Phi) is 7.96. The van der Waals surface area contributed by atoms with Gasteiger partial charge in [-0.1, -0.05) is 31.4 Å². The van der Waals surface area contributed by atoms with Crippen molar-refractivity contribution in [3.63, 3.8) is 0 Å². The summed E-state index contributed by atoms with van der Waals surface area (Å²) in [5.74, 6) is 0.636. The summed E-state index contributed by atoms with van der Waals surface area (Å²) < 4.78 is 38.5. The molecule has 2 unspecified atom stereocenters. The molecule has 36 heavy (non-hydrogen) atoms. The molecule has 3 N–H and O–H groups in total. The zero-order valence-corrected chi connectivity index (χ0v) is 21.2. The molecule has 0 aliphatic heterocycles. The topological polar surface area (TPSA) is 61.9 Å². The lowest BCUT2D eigenvalue weighted by Crippen LogP contribution is -2.38. The summed E-state index contributed by atoms with van der Waals surface area (Å²) in [6.07, 6.45) is 7.00. The number of nitrogens with one attached hydrogen (secondary N) is 3. The fourth-order valence-corrected chi connectivity index (χ4v) is 6.49. The first-order chi connectivity index (χ1) is 17.4. The van der Waals surface area contributed by atoms with Gasteiger partial charge >= 0.3 is 6.18 Å². The molecule has 9 heteroatoms. The van der Waals surface area contributed by atoms with Gasteiger partial charge in [-0.15, -0.1) is 11.3 Å². The number of anilines is 2.